The smallest absolute Gasteiger partial charge is 0.248 e. The summed E-state index contributed by atoms with van der Waals surface area (Å²) in [5, 5.41) is 27.6. The summed E-state index contributed by atoms with van der Waals surface area (Å²) in [6.07, 6.45) is 2.84. The number of carbonyl (C=O) groups is 2. The predicted octanol–water partition coefficient (Wildman–Crippen LogP) is 2.63. The van der Waals surface area contributed by atoms with Crippen LogP contribution >= 0.6 is 11.3 Å². The van der Waals surface area contributed by atoms with Crippen molar-refractivity contribution in [1.82, 2.24) is 25.0 Å². The zero-order valence-corrected chi connectivity index (χ0v) is 21.8. The van der Waals surface area contributed by atoms with E-state index in [9.17, 15) is 19.8 Å². The van der Waals surface area contributed by atoms with Gasteiger partial charge in [-0.3, -0.25) is 14.3 Å². The summed E-state index contributed by atoms with van der Waals surface area (Å²) in [6.45, 7) is 7.50. The summed E-state index contributed by atoms with van der Waals surface area (Å²) in [6, 6.07) is 5.57. The van der Waals surface area contributed by atoms with Crippen molar-refractivity contribution < 1.29 is 19.8 Å². The number of benzene rings is 1. The molecule has 1 aliphatic rings. The molecule has 4 rings (SSSR count). The summed E-state index contributed by atoms with van der Waals surface area (Å²) in [7, 11) is 0. The van der Waals surface area contributed by atoms with Gasteiger partial charge in [0.05, 0.1) is 41.0 Å². The molecule has 4 unspecified atom stereocenters. The number of rotatable bonds is 8. The van der Waals surface area contributed by atoms with Crippen LogP contribution in [0.3, 0.4) is 0 Å². The van der Waals surface area contributed by atoms with Gasteiger partial charge in [-0.15, -0.1) is 11.3 Å². The van der Waals surface area contributed by atoms with E-state index in [1.54, 1.807) is 27.7 Å². The first-order chi connectivity index (χ1) is 17.2. The Morgan fingerprint density at radius 3 is 2.50 bits per heavy atom. The van der Waals surface area contributed by atoms with E-state index in [0.717, 1.165) is 27.3 Å². The van der Waals surface area contributed by atoms with E-state index in [1.165, 1.54) is 4.90 Å². The number of carbonyl (C=O) groups excluding carboxylic acids is 2. The van der Waals surface area contributed by atoms with Crippen LogP contribution in [0.25, 0.3) is 10.4 Å². The van der Waals surface area contributed by atoms with Crippen LogP contribution in [-0.4, -0.2) is 67.0 Å². The number of aryl methyl sites for hydroxylation is 2. The lowest BCUT2D eigenvalue weighted by molar-refractivity contribution is -0.142. The monoisotopic (exact) mass is 511 g/mol. The third-order valence-electron chi connectivity index (χ3n) is 6.58. The van der Waals surface area contributed by atoms with Gasteiger partial charge in [-0.1, -0.05) is 38.1 Å². The largest absolute Gasteiger partial charge is 0.394 e. The van der Waals surface area contributed by atoms with Crippen LogP contribution in [0.1, 0.15) is 49.2 Å². The van der Waals surface area contributed by atoms with Crippen LogP contribution in [-0.2, 0) is 9.59 Å². The van der Waals surface area contributed by atoms with Crippen molar-refractivity contribution in [3.63, 3.8) is 0 Å². The maximum absolute atomic E-state index is 13.6. The van der Waals surface area contributed by atoms with Gasteiger partial charge in [0.15, 0.2) is 0 Å². The SMILES string of the molecule is Cc1cnn(C(C(=O)N2CC(O)CC2C(=O)NC(CO)c2ccc(-c3scnc3C)cc2)C(C)C)c1. The number of hydrogen-bond acceptors (Lipinski definition) is 7. The third kappa shape index (κ3) is 5.35. The van der Waals surface area contributed by atoms with Gasteiger partial charge in [0.25, 0.3) is 0 Å². The van der Waals surface area contributed by atoms with E-state index in [1.807, 2.05) is 58.2 Å². The standard InChI is InChI=1S/C26H33N5O4S/c1-15(2)23(31-11-16(3)10-28-31)26(35)30-12-20(33)9-22(30)25(34)29-21(13-32)18-5-7-19(8-6-18)24-17(4)27-14-36-24/h5-8,10-11,14-15,20-23,32-33H,9,12-13H2,1-4H3,(H,29,34). The molecule has 3 N–H and O–H groups in total. The van der Waals surface area contributed by atoms with Crippen LogP contribution in [0.4, 0.5) is 0 Å². The minimum atomic E-state index is -0.835. The topological polar surface area (TPSA) is 121 Å². The molecular formula is C26H33N5O4S. The van der Waals surface area contributed by atoms with Crippen molar-refractivity contribution in [2.24, 2.45) is 5.92 Å². The zero-order valence-electron chi connectivity index (χ0n) is 21.0. The van der Waals surface area contributed by atoms with Crippen LogP contribution in [0.15, 0.2) is 42.2 Å². The fourth-order valence-corrected chi connectivity index (χ4v) is 5.52. The lowest BCUT2D eigenvalue weighted by Gasteiger charge is -2.30. The highest BCUT2D eigenvalue weighted by Crippen LogP contribution is 2.29. The summed E-state index contributed by atoms with van der Waals surface area (Å²) < 4.78 is 1.63. The quantitative estimate of drug-likeness (QED) is 0.428. The normalized spacial score (nSPS) is 19.5. The van der Waals surface area contributed by atoms with E-state index in [0.29, 0.717) is 0 Å². The van der Waals surface area contributed by atoms with Crippen molar-refractivity contribution in [3.8, 4) is 10.4 Å². The van der Waals surface area contributed by atoms with E-state index >= 15 is 0 Å². The maximum Gasteiger partial charge on any atom is 0.248 e. The molecule has 0 aliphatic carbocycles. The Morgan fingerprint density at radius 2 is 1.94 bits per heavy atom. The van der Waals surface area contributed by atoms with Gasteiger partial charge in [0.2, 0.25) is 11.8 Å². The number of thiazole rings is 1. The number of aliphatic hydroxyl groups is 2. The molecule has 0 bridgehead atoms. The van der Waals surface area contributed by atoms with E-state index in [-0.39, 0.29) is 31.4 Å². The number of aliphatic hydroxyl groups excluding tert-OH is 2. The number of aromatic nitrogens is 3. The maximum atomic E-state index is 13.6. The van der Waals surface area contributed by atoms with Crippen molar-refractivity contribution in [1.29, 1.82) is 0 Å². The molecule has 4 atom stereocenters. The number of likely N-dealkylation sites (tertiary alicyclic amines) is 1. The lowest BCUT2D eigenvalue weighted by atomic mass is 10.0. The Kier molecular flexibility index (Phi) is 7.87. The van der Waals surface area contributed by atoms with Crippen LogP contribution in [0.5, 0.6) is 0 Å². The average Bonchev–Trinajstić information content (AvgIpc) is 3.57. The second kappa shape index (κ2) is 10.9. The summed E-state index contributed by atoms with van der Waals surface area (Å²) >= 11 is 1.56. The average molecular weight is 512 g/mol. The highest BCUT2D eigenvalue weighted by molar-refractivity contribution is 7.13. The Balaban J connectivity index is 1.50. The fourth-order valence-electron chi connectivity index (χ4n) is 4.71. The lowest BCUT2D eigenvalue weighted by Crippen LogP contribution is -2.50. The molecule has 1 aromatic carbocycles. The number of hydrogen-bond donors (Lipinski definition) is 3. The Morgan fingerprint density at radius 1 is 1.22 bits per heavy atom. The Labute approximate surface area is 214 Å². The molecule has 3 heterocycles. The van der Waals surface area contributed by atoms with Gasteiger partial charge in [-0.05, 0) is 36.5 Å². The van der Waals surface area contributed by atoms with E-state index in [2.05, 4.69) is 15.4 Å². The molecule has 1 fully saturated rings. The predicted molar refractivity (Wildman–Crippen MR) is 137 cm³/mol. The van der Waals surface area contributed by atoms with Crippen LogP contribution < -0.4 is 5.32 Å². The molecule has 3 aromatic rings. The molecule has 2 aromatic heterocycles. The van der Waals surface area contributed by atoms with Crippen molar-refractivity contribution in [2.75, 3.05) is 13.2 Å². The summed E-state index contributed by atoms with van der Waals surface area (Å²) in [5.41, 5.74) is 5.46. The second-order valence-corrected chi connectivity index (χ2v) is 10.6. The minimum Gasteiger partial charge on any atom is -0.394 e. The number of β-amino-alcohol motifs (C(OH)–C–C–N with tert-alkyl or cyclic N) is 1. The van der Waals surface area contributed by atoms with Crippen molar-refractivity contribution in [2.45, 2.75) is 58.3 Å². The summed E-state index contributed by atoms with van der Waals surface area (Å²) in [5.74, 6) is -0.723. The van der Waals surface area contributed by atoms with Gasteiger partial charge >= 0.3 is 0 Å². The zero-order chi connectivity index (χ0) is 26.0. The molecule has 9 nitrogen and oxygen atoms in total. The molecular weight excluding hydrogens is 478 g/mol. The van der Waals surface area contributed by atoms with Crippen LogP contribution in [0, 0.1) is 19.8 Å². The first kappa shape index (κ1) is 26.0. The highest BCUT2D eigenvalue weighted by Gasteiger charge is 2.43. The van der Waals surface area contributed by atoms with Gasteiger partial charge in [-0.25, -0.2) is 4.98 Å². The van der Waals surface area contributed by atoms with E-state index in [4.69, 9.17) is 0 Å². The number of nitrogens with one attached hydrogen (secondary N) is 1. The van der Waals surface area contributed by atoms with Gasteiger partial charge in [-0.2, -0.15) is 5.10 Å². The number of nitrogens with zero attached hydrogens (tertiary/aromatic N) is 4. The molecule has 0 radical (unpaired) electrons. The minimum absolute atomic E-state index is 0.0656. The third-order valence-corrected chi connectivity index (χ3v) is 7.56. The van der Waals surface area contributed by atoms with Gasteiger partial charge in [0, 0.05) is 19.2 Å². The molecule has 1 saturated heterocycles. The Bertz CT molecular complexity index is 1210. The molecule has 192 valence electrons. The highest BCUT2D eigenvalue weighted by atomic mass is 32.1. The molecule has 2 amide bonds. The summed E-state index contributed by atoms with van der Waals surface area (Å²) in [4.78, 5) is 33.7. The number of amides is 2. The van der Waals surface area contributed by atoms with E-state index < -0.39 is 30.1 Å². The molecule has 0 saturated carbocycles. The molecule has 10 heteroatoms. The second-order valence-electron chi connectivity index (χ2n) is 9.72. The van der Waals surface area contributed by atoms with Crippen LogP contribution in [0.2, 0.25) is 0 Å². The first-order valence-electron chi connectivity index (χ1n) is 12.1. The van der Waals surface area contributed by atoms with Crippen molar-refractivity contribution >= 4 is 23.2 Å². The van der Waals surface area contributed by atoms with Crippen molar-refractivity contribution in [3.05, 3.63) is 59.0 Å². The van der Waals surface area contributed by atoms with Gasteiger partial charge < -0.3 is 20.4 Å². The van der Waals surface area contributed by atoms with Gasteiger partial charge in [0.1, 0.15) is 12.1 Å². The molecule has 36 heavy (non-hydrogen) atoms. The molecule has 0 spiro atoms. The fraction of sp³-hybridized carbons (Fsp3) is 0.462. The molecule has 1 aliphatic heterocycles. The first-order valence-corrected chi connectivity index (χ1v) is 13.0. The Hall–Kier alpha value is -3.08.